The Morgan fingerprint density at radius 3 is 3.00 bits per heavy atom. The highest BCUT2D eigenvalue weighted by Crippen LogP contribution is 2.02. The lowest BCUT2D eigenvalue weighted by atomic mass is 10.4. The maximum Gasteiger partial charge on any atom is 0.317 e. The first-order valence-electron chi connectivity index (χ1n) is 5.79. The molecule has 0 bridgehead atoms. The molecule has 1 aromatic rings. The van der Waals surface area contributed by atoms with Crippen LogP contribution in [0.1, 0.15) is 25.5 Å². The van der Waals surface area contributed by atoms with Gasteiger partial charge in [-0.3, -0.25) is 0 Å². The molecule has 0 aromatic carbocycles. The minimum absolute atomic E-state index is 0.0820. The molecule has 7 nitrogen and oxygen atoms in total. The number of amidine groups is 1. The van der Waals surface area contributed by atoms with Crippen LogP contribution in [0.15, 0.2) is 17.4 Å². The summed E-state index contributed by atoms with van der Waals surface area (Å²) in [5.74, 6) is -0.0820. The number of hydrogen-bond donors (Lipinski definition) is 2. The molecule has 18 heavy (non-hydrogen) atoms. The smallest absolute Gasteiger partial charge is 0.317 e. The summed E-state index contributed by atoms with van der Waals surface area (Å²) >= 11 is 0. The largest absolute Gasteiger partial charge is 0.461 e. The zero-order valence-corrected chi connectivity index (χ0v) is 10.4. The Kier molecular flexibility index (Phi) is 6.49. The Bertz CT molecular complexity index is 384. The fraction of sp³-hybridized carbons (Fsp3) is 0.545. The van der Waals surface area contributed by atoms with Crippen LogP contribution < -0.4 is 10.5 Å². The second-order valence-corrected chi connectivity index (χ2v) is 3.52. The van der Waals surface area contributed by atoms with Crippen LogP contribution in [0.25, 0.3) is 0 Å². The van der Waals surface area contributed by atoms with Crippen molar-refractivity contribution in [1.29, 1.82) is 0 Å². The number of aromatic nitrogens is 2. The molecule has 100 valence electrons. The molecular weight excluding hydrogens is 236 g/mol. The van der Waals surface area contributed by atoms with Gasteiger partial charge in [-0.2, -0.15) is 4.98 Å². The van der Waals surface area contributed by atoms with Gasteiger partial charge in [0.1, 0.15) is 12.3 Å². The van der Waals surface area contributed by atoms with Crippen LogP contribution in [-0.2, 0) is 4.74 Å². The molecule has 3 N–H and O–H groups in total. The molecule has 0 unspecified atom stereocenters. The topological polar surface area (TPSA) is 103 Å². The molecule has 0 saturated heterocycles. The highest BCUT2D eigenvalue weighted by molar-refractivity contribution is 5.95. The third-order valence-electron chi connectivity index (χ3n) is 2.10. The van der Waals surface area contributed by atoms with E-state index in [0.29, 0.717) is 18.9 Å². The highest BCUT2D eigenvalue weighted by Gasteiger charge is 2.04. The zero-order valence-electron chi connectivity index (χ0n) is 10.4. The molecule has 1 heterocycles. The summed E-state index contributed by atoms with van der Waals surface area (Å²) in [7, 11) is 0. The monoisotopic (exact) mass is 254 g/mol. The third kappa shape index (κ3) is 4.96. The SMILES string of the molecule is CCCCOCCOc1nccc(/C(N)=N/O)n1. The van der Waals surface area contributed by atoms with Crippen molar-refractivity contribution in [2.24, 2.45) is 10.9 Å². The molecule has 0 aliphatic heterocycles. The van der Waals surface area contributed by atoms with E-state index in [9.17, 15) is 0 Å². The van der Waals surface area contributed by atoms with Crippen LogP contribution in [0.4, 0.5) is 0 Å². The van der Waals surface area contributed by atoms with Gasteiger partial charge in [0, 0.05) is 12.8 Å². The van der Waals surface area contributed by atoms with Gasteiger partial charge in [-0.05, 0) is 12.5 Å². The summed E-state index contributed by atoms with van der Waals surface area (Å²) in [6.07, 6.45) is 3.62. The summed E-state index contributed by atoms with van der Waals surface area (Å²) < 4.78 is 10.6. The van der Waals surface area contributed by atoms with E-state index in [2.05, 4.69) is 22.0 Å². The van der Waals surface area contributed by atoms with Crippen LogP contribution in [0.2, 0.25) is 0 Å². The Hall–Kier alpha value is -1.89. The Balaban J connectivity index is 2.34. The van der Waals surface area contributed by atoms with E-state index in [4.69, 9.17) is 20.4 Å². The normalized spacial score (nSPS) is 11.5. The van der Waals surface area contributed by atoms with Gasteiger partial charge in [0.05, 0.1) is 6.61 Å². The van der Waals surface area contributed by atoms with E-state index >= 15 is 0 Å². The molecule has 1 rings (SSSR count). The third-order valence-corrected chi connectivity index (χ3v) is 2.10. The molecule has 0 fully saturated rings. The number of ether oxygens (including phenoxy) is 2. The number of rotatable bonds is 8. The van der Waals surface area contributed by atoms with Gasteiger partial charge in [-0.1, -0.05) is 18.5 Å². The second-order valence-electron chi connectivity index (χ2n) is 3.52. The average molecular weight is 254 g/mol. The molecule has 0 saturated carbocycles. The molecule has 1 aromatic heterocycles. The second kappa shape index (κ2) is 8.24. The Labute approximate surface area is 106 Å². The number of nitrogens with zero attached hydrogens (tertiary/aromatic N) is 3. The van der Waals surface area contributed by atoms with Crippen LogP contribution in [0.5, 0.6) is 6.01 Å². The number of hydrogen-bond acceptors (Lipinski definition) is 6. The molecule has 0 aliphatic rings. The number of unbranched alkanes of at least 4 members (excludes halogenated alkanes) is 1. The summed E-state index contributed by atoms with van der Waals surface area (Å²) in [4.78, 5) is 7.88. The van der Waals surface area contributed by atoms with Gasteiger partial charge in [0.2, 0.25) is 0 Å². The highest BCUT2D eigenvalue weighted by atomic mass is 16.5. The van der Waals surface area contributed by atoms with Crippen molar-refractivity contribution < 1.29 is 14.7 Å². The van der Waals surface area contributed by atoms with Gasteiger partial charge >= 0.3 is 6.01 Å². The van der Waals surface area contributed by atoms with Crippen LogP contribution in [0, 0.1) is 0 Å². The fourth-order valence-electron chi connectivity index (χ4n) is 1.14. The zero-order chi connectivity index (χ0) is 13.2. The lowest BCUT2D eigenvalue weighted by Crippen LogP contribution is -2.16. The van der Waals surface area contributed by atoms with Crippen molar-refractivity contribution in [2.45, 2.75) is 19.8 Å². The van der Waals surface area contributed by atoms with Crippen molar-refractivity contribution in [1.82, 2.24) is 9.97 Å². The van der Waals surface area contributed by atoms with Gasteiger partial charge in [0.15, 0.2) is 5.84 Å². The van der Waals surface area contributed by atoms with Crippen LogP contribution in [0.3, 0.4) is 0 Å². The number of oxime groups is 1. The van der Waals surface area contributed by atoms with Gasteiger partial charge < -0.3 is 20.4 Å². The van der Waals surface area contributed by atoms with E-state index in [1.165, 1.54) is 12.3 Å². The predicted molar refractivity (Wildman–Crippen MR) is 65.8 cm³/mol. The van der Waals surface area contributed by atoms with Crippen molar-refractivity contribution >= 4 is 5.84 Å². The Morgan fingerprint density at radius 1 is 1.44 bits per heavy atom. The lowest BCUT2D eigenvalue weighted by molar-refractivity contribution is 0.0947. The van der Waals surface area contributed by atoms with E-state index in [0.717, 1.165) is 19.4 Å². The molecule has 7 heteroatoms. The van der Waals surface area contributed by atoms with Crippen molar-refractivity contribution in [3.05, 3.63) is 18.0 Å². The van der Waals surface area contributed by atoms with Crippen molar-refractivity contribution in [3.8, 4) is 6.01 Å². The van der Waals surface area contributed by atoms with Crippen LogP contribution >= 0.6 is 0 Å². The minimum Gasteiger partial charge on any atom is -0.461 e. The first-order chi connectivity index (χ1) is 8.77. The summed E-state index contributed by atoms with van der Waals surface area (Å²) in [6.45, 7) is 3.68. The van der Waals surface area contributed by atoms with Gasteiger partial charge in [0.25, 0.3) is 0 Å². The molecule has 0 amide bonds. The molecular formula is C11H18N4O3. The maximum absolute atomic E-state index is 8.52. The van der Waals surface area contributed by atoms with Crippen molar-refractivity contribution in [2.75, 3.05) is 19.8 Å². The van der Waals surface area contributed by atoms with Gasteiger partial charge in [-0.25, -0.2) is 4.98 Å². The first kappa shape index (κ1) is 14.2. The maximum atomic E-state index is 8.52. The summed E-state index contributed by atoms with van der Waals surface area (Å²) in [5.41, 5.74) is 5.72. The van der Waals surface area contributed by atoms with Crippen molar-refractivity contribution in [3.63, 3.8) is 0 Å². The lowest BCUT2D eigenvalue weighted by Gasteiger charge is -2.06. The van der Waals surface area contributed by atoms with Gasteiger partial charge in [-0.15, -0.1) is 0 Å². The predicted octanol–water partition coefficient (Wildman–Crippen LogP) is 0.767. The molecule has 0 radical (unpaired) electrons. The number of nitrogens with two attached hydrogens (primary N) is 1. The first-order valence-corrected chi connectivity index (χ1v) is 5.79. The Morgan fingerprint density at radius 2 is 2.28 bits per heavy atom. The van der Waals surface area contributed by atoms with E-state index in [1.807, 2.05) is 0 Å². The summed E-state index contributed by atoms with van der Waals surface area (Å²) in [6, 6.07) is 1.71. The quantitative estimate of drug-likeness (QED) is 0.233. The molecule has 0 aliphatic carbocycles. The molecule has 0 spiro atoms. The van der Waals surface area contributed by atoms with E-state index in [-0.39, 0.29) is 11.8 Å². The standard InChI is InChI=1S/C11H18N4O3/c1-2-3-6-17-7-8-18-11-13-5-4-9(14-11)10(12)15-16/h4-5,16H,2-3,6-8H2,1H3,(H2,12,15). The minimum atomic E-state index is -0.0820. The van der Waals surface area contributed by atoms with Crippen LogP contribution in [-0.4, -0.2) is 40.8 Å². The average Bonchev–Trinajstić information content (AvgIpc) is 2.42. The van der Waals surface area contributed by atoms with E-state index < -0.39 is 0 Å². The summed E-state index contributed by atoms with van der Waals surface area (Å²) in [5, 5.41) is 11.4. The molecule has 0 atom stereocenters. The van der Waals surface area contributed by atoms with E-state index in [1.54, 1.807) is 0 Å². The fourth-order valence-corrected chi connectivity index (χ4v) is 1.14.